The molecule has 1 saturated heterocycles. The van der Waals surface area contributed by atoms with Crippen LogP contribution in [0.5, 0.6) is 5.75 Å². The highest BCUT2D eigenvalue weighted by molar-refractivity contribution is 6.31. The molecule has 3 aromatic carbocycles. The fraction of sp³-hybridized carbons (Fsp3) is 0.371. The molecule has 7 heteroatoms. The number of rotatable bonds is 12. The molecule has 0 amide bonds. The second-order valence-corrected chi connectivity index (χ2v) is 11.2. The summed E-state index contributed by atoms with van der Waals surface area (Å²) in [6, 6.07) is 27.8. The van der Waals surface area contributed by atoms with Gasteiger partial charge in [-0.1, -0.05) is 90.5 Å². The van der Waals surface area contributed by atoms with E-state index in [4.69, 9.17) is 30.5 Å². The van der Waals surface area contributed by atoms with E-state index in [1.54, 1.807) is 0 Å². The van der Waals surface area contributed by atoms with Crippen molar-refractivity contribution in [2.45, 2.75) is 63.5 Å². The van der Waals surface area contributed by atoms with Crippen molar-refractivity contribution in [2.24, 2.45) is 5.92 Å². The number of aliphatic hydroxyl groups excluding tert-OH is 2. The molecule has 6 atom stereocenters. The van der Waals surface area contributed by atoms with E-state index >= 15 is 0 Å². The third kappa shape index (κ3) is 7.70. The number of halogens is 1. The molecule has 1 fully saturated rings. The number of aliphatic hydroxyl groups is 2. The SMILES string of the molecule is CCOc1ccc(CC2=C(Cl)C=CC(C3OC(CO)C(O)C(OCc4ccccc4)C3OCc3ccccc3)C2)cc1. The summed E-state index contributed by atoms with van der Waals surface area (Å²) in [6.45, 7) is 2.89. The second kappa shape index (κ2) is 15.0. The van der Waals surface area contributed by atoms with E-state index in [1.807, 2.05) is 91.9 Å². The molecule has 1 aliphatic heterocycles. The number of benzene rings is 3. The average Bonchev–Trinajstić information content (AvgIpc) is 3.02. The van der Waals surface area contributed by atoms with Gasteiger partial charge in [-0.05, 0) is 60.2 Å². The molecule has 42 heavy (non-hydrogen) atoms. The van der Waals surface area contributed by atoms with Crippen LogP contribution in [-0.2, 0) is 33.8 Å². The van der Waals surface area contributed by atoms with Gasteiger partial charge in [-0.2, -0.15) is 0 Å². The zero-order valence-electron chi connectivity index (χ0n) is 23.8. The molecular weight excluding hydrogens is 552 g/mol. The van der Waals surface area contributed by atoms with Crippen LogP contribution in [-0.4, -0.2) is 53.9 Å². The summed E-state index contributed by atoms with van der Waals surface area (Å²) in [5.74, 6) is 0.738. The van der Waals surface area contributed by atoms with Crippen LogP contribution in [0.2, 0.25) is 0 Å². The minimum absolute atomic E-state index is 0.102. The third-order valence-electron chi connectivity index (χ3n) is 7.83. The molecule has 0 saturated carbocycles. The fourth-order valence-corrected chi connectivity index (χ4v) is 5.86. The minimum atomic E-state index is -1.06. The highest BCUT2D eigenvalue weighted by Gasteiger charge is 2.49. The maximum Gasteiger partial charge on any atom is 0.119 e. The summed E-state index contributed by atoms with van der Waals surface area (Å²) in [7, 11) is 0. The molecule has 222 valence electrons. The van der Waals surface area contributed by atoms with Crippen LogP contribution in [0.3, 0.4) is 0 Å². The molecule has 1 aliphatic carbocycles. The third-order valence-corrected chi connectivity index (χ3v) is 8.22. The summed E-state index contributed by atoms with van der Waals surface area (Å²) in [5, 5.41) is 22.2. The van der Waals surface area contributed by atoms with Crippen LogP contribution in [0, 0.1) is 5.92 Å². The molecule has 6 nitrogen and oxygen atoms in total. The standard InChI is InChI=1S/C35H39ClO6/c1-2-39-29-16-13-24(14-17-29)19-28-20-27(15-18-30(28)36)33-35(41-23-26-11-7-4-8-12-26)34(32(38)31(21-37)42-33)40-22-25-9-5-3-6-10-25/h3-18,27,31-35,37-38H,2,19-23H2,1H3. The van der Waals surface area contributed by atoms with Crippen molar-refractivity contribution in [1.29, 1.82) is 0 Å². The Labute approximate surface area is 253 Å². The van der Waals surface area contributed by atoms with Gasteiger partial charge in [-0.3, -0.25) is 0 Å². The monoisotopic (exact) mass is 590 g/mol. The Morgan fingerprint density at radius 1 is 0.833 bits per heavy atom. The first kappa shape index (κ1) is 30.5. The molecule has 0 spiro atoms. The fourth-order valence-electron chi connectivity index (χ4n) is 5.64. The van der Waals surface area contributed by atoms with Crippen LogP contribution in [0.1, 0.15) is 30.0 Å². The quantitative estimate of drug-likeness (QED) is 0.270. The number of hydrogen-bond acceptors (Lipinski definition) is 6. The van der Waals surface area contributed by atoms with Crippen molar-refractivity contribution in [2.75, 3.05) is 13.2 Å². The first-order valence-electron chi connectivity index (χ1n) is 14.6. The lowest BCUT2D eigenvalue weighted by Gasteiger charge is -2.46. The molecule has 5 rings (SSSR count). The van der Waals surface area contributed by atoms with Crippen LogP contribution >= 0.6 is 11.6 Å². The molecule has 1 heterocycles. The zero-order chi connectivity index (χ0) is 29.3. The molecule has 0 aromatic heterocycles. The number of ether oxygens (including phenoxy) is 4. The molecular formula is C35H39ClO6. The van der Waals surface area contributed by atoms with Crippen LogP contribution in [0.4, 0.5) is 0 Å². The van der Waals surface area contributed by atoms with Crippen molar-refractivity contribution in [3.8, 4) is 5.75 Å². The predicted molar refractivity (Wildman–Crippen MR) is 163 cm³/mol. The summed E-state index contributed by atoms with van der Waals surface area (Å²) in [6.07, 6.45) is 1.66. The lowest BCUT2D eigenvalue weighted by atomic mass is 9.81. The average molecular weight is 591 g/mol. The Morgan fingerprint density at radius 2 is 1.45 bits per heavy atom. The molecule has 2 aliphatic rings. The van der Waals surface area contributed by atoms with E-state index in [1.165, 1.54) is 0 Å². The van der Waals surface area contributed by atoms with Crippen LogP contribution in [0.15, 0.2) is 108 Å². The van der Waals surface area contributed by atoms with E-state index in [0.29, 0.717) is 37.7 Å². The van der Waals surface area contributed by atoms with Gasteiger partial charge in [0.05, 0.1) is 32.5 Å². The lowest BCUT2D eigenvalue weighted by Crippen LogP contribution is -2.61. The largest absolute Gasteiger partial charge is 0.494 e. The summed E-state index contributed by atoms with van der Waals surface area (Å²) in [4.78, 5) is 0. The van der Waals surface area contributed by atoms with E-state index < -0.39 is 30.5 Å². The van der Waals surface area contributed by atoms with Crippen LogP contribution < -0.4 is 4.74 Å². The predicted octanol–water partition coefficient (Wildman–Crippen LogP) is 5.99. The van der Waals surface area contributed by atoms with Gasteiger partial charge >= 0.3 is 0 Å². The smallest absolute Gasteiger partial charge is 0.119 e. The Bertz CT molecular complexity index is 1310. The van der Waals surface area contributed by atoms with Crippen molar-refractivity contribution in [3.63, 3.8) is 0 Å². The highest BCUT2D eigenvalue weighted by Crippen LogP contribution is 2.38. The van der Waals surface area contributed by atoms with E-state index in [0.717, 1.165) is 28.0 Å². The topological polar surface area (TPSA) is 77.4 Å². The summed E-state index contributed by atoms with van der Waals surface area (Å²) >= 11 is 6.71. The van der Waals surface area contributed by atoms with E-state index in [2.05, 4.69) is 12.1 Å². The summed E-state index contributed by atoms with van der Waals surface area (Å²) < 4.78 is 24.9. The van der Waals surface area contributed by atoms with Gasteiger partial charge in [-0.25, -0.2) is 0 Å². The van der Waals surface area contributed by atoms with Gasteiger partial charge in [0.25, 0.3) is 0 Å². The minimum Gasteiger partial charge on any atom is -0.494 e. The van der Waals surface area contributed by atoms with Crippen molar-refractivity contribution in [1.82, 2.24) is 0 Å². The molecule has 6 unspecified atom stereocenters. The van der Waals surface area contributed by atoms with Crippen molar-refractivity contribution in [3.05, 3.63) is 124 Å². The molecule has 0 bridgehead atoms. The van der Waals surface area contributed by atoms with Crippen molar-refractivity contribution >= 4 is 11.6 Å². The Kier molecular flexibility index (Phi) is 10.9. The highest BCUT2D eigenvalue weighted by atomic mass is 35.5. The van der Waals surface area contributed by atoms with Gasteiger partial charge in [0.2, 0.25) is 0 Å². The Hall–Kier alpha value is -2.97. The van der Waals surface area contributed by atoms with Gasteiger partial charge < -0.3 is 29.2 Å². The molecule has 2 N–H and O–H groups in total. The Morgan fingerprint density at radius 3 is 2.05 bits per heavy atom. The second-order valence-electron chi connectivity index (χ2n) is 10.8. The molecule has 0 radical (unpaired) electrons. The molecule has 3 aromatic rings. The normalized spacial score (nSPS) is 25.9. The van der Waals surface area contributed by atoms with Gasteiger partial charge in [0.15, 0.2) is 0 Å². The van der Waals surface area contributed by atoms with Crippen molar-refractivity contribution < 1.29 is 29.2 Å². The van der Waals surface area contributed by atoms with Gasteiger partial charge in [-0.15, -0.1) is 0 Å². The van der Waals surface area contributed by atoms with Crippen LogP contribution in [0.25, 0.3) is 0 Å². The maximum atomic E-state index is 11.3. The number of allylic oxidation sites excluding steroid dienone is 3. The van der Waals surface area contributed by atoms with E-state index in [-0.39, 0.29) is 12.5 Å². The first-order valence-corrected chi connectivity index (χ1v) is 15.0. The first-order chi connectivity index (χ1) is 20.6. The number of hydrogen-bond donors (Lipinski definition) is 2. The zero-order valence-corrected chi connectivity index (χ0v) is 24.6. The Balaban J connectivity index is 1.38. The lowest BCUT2D eigenvalue weighted by molar-refractivity contribution is -0.264. The van der Waals surface area contributed by atoms with E-state index in [9.17, 15) is 10.2 Å². The van der Waals surface area contributed by atoms with Gasteiger partial charge in [0.1, 0.15) is 30.2 Å². The van der Waals surface area contributed by atoms with Gasteiger partial charge in [0, 0.05) is 11.0 Å². The maximum absolute atomic E-state index is 11.3. The summed E-state index contributed by atoms with van der Waals surface area (Å²) in [5.41, 5.74) is 4.22.